The van der Waals surface area contributed by atoms with Crippen molar-refractivity contribution < 1.29 is 19.6 Å². The van der Waals surface area contributed by atoms with Gasteiger partial charge in [0.05, 0.1) is 10.5 Å². The summed E-state index contributed by atoms with van der Waals surface area (Å²) in [7, 11) is 0. The van der Waals surface area contributed by atoms with Gasteiger partial charge in [0.25, 0.3) is 5.69 Å². The van der Waals surface area contributed by atoms with Gasteiger partial charge in [0.1, 0.15) is 11.7 Å². The molecule has 1 N–H and O–H groups in total. The highest BCUT2D eigenvalue weighted by Crippen LogP contribution is 2.34. The number of hydrogen-bond donors (Lipinski definition) is 1. The molecule has 0 unspecified atom stereocenters. The summed E-state index contributed by atoms with van der Waals surface area (Å²) >= 11 is 0. The van der Waals surface area contributed by atoms with Crippen LogP contribution in [-0.2, 0) is 4.79 Å². The van der Waals surface area contributed by atoms with Gasteiger partial charge in [-0.15, -0.1) is 0 Å². The Kier molecular flexibility index (Phi) is 6.20. The van der Waals surface area contributed by atoms with Crippen LogP contribution in [0.4, 0.5) is 11.4 Å². The van der Waals surface area contributed by atoms with Crippen molar-refractivity contribution in [1.29, 1.82) is 0 Å². The Bertz CT molecular complexity index is 773. The van der Waals surface area contributed by atoms with Crippen LogP contribution in [0, 0.1) is 22.0 Å². The third-order valence-corrected chi connectivity index (χ3v) is 4.52. The number of anilines is 1. The second-order valence-corrected chi connectivity index (χ2v) is 7.37. The van der Waals surface area contributed by atoms with E-state index >= 15 is 0 Å². The Balaban J connectivity index is 2.47. The number of carboxylic acids is 1. The summed E-state index contributed by atoms with van der Waals surface area (Å²) in [4.78, 5) is 38.2. The van der Waals surface area contributed by atoms with Crippen LogP contribution in [-0.4, -0.2) is 39.4 Å². The minimum atomic E-state index is -1.24. The van der Waals surface area contributed by atoms with Crippen LogP contribution in [0.1, 0.15) is 44.5 Å². The molecule has 0 saturated heterocycles. The number of benzene rings is 1. The summed E-state index contributed by atoms with van der Waals surface area (Å²) in [5.74, 6) is -1.01. The highest BCUT2D eigenvalue weighted by Gasteiger charge is 2.37. The molecule has 0 radical (unpaired) electrons. The number of nitrogens with zero attached hydrogens (tertiary/aromatic N) is 3. The largest absolute Gasteiger partial charge is 0.478 e. The average molecular weight is 375 g/mol. The lowest BCUT2D eigenvalue weighted by Gasteiger charge is -2.39. The molecule has 1 atom stereocenters. The van der Waals surface area contributed by atoms with Gasteiger partial charge in [-0.05, 0) is 30.4 Å². The van der Waals surface area contributed by atoms with Crippen molar-refractivity contribution >= 4 is 23.3 Å². The number of carboxylic acid groups (broad SMARTS) is 1. The van der Waals surface area contributed by atoms with E-state index in [2.05, 4.69) is 13.8 Å². The van der Waals surface area contributed by atoms with E-state index in [1.807, 2.05) is 13.8 Å². The van der Waals surface area contributed by atoms with Crippen molar-refractivity contribution in [3.8, 4) is 0 Å². The van der Waals surface area contributed by atoms with E-state index < -0.39 is 16.9 Å². The van der Waals surface area contributed by atoms with E-state index in [-0.39, 0.29) is 28.8 Å². The molecule has 0 fully saturated rings. The smallest absolute Gasteiger partial charge is 0.335 e. The quantitative estimate of drug-likeness (QED) is 0.578. The van der Waals surface area contributed by atoms with E-state index in [1.54, 1.807) is 22.2 Å². The Morgan fingerprint density at radius 2 is 1.93 bits per heavy atom. The Labute approximate surface area is 158 Å². The van der Waals surface area contributed by atoms with Gasteiger partial charge in [0.2, 0.25) is 5.91 Å². The fourth-order valence-electron chi connectivity index (χ4n) is 3.05. The molecule has 0 spiro atoms. The average Bonchev–Trinajstić information content (AvgIpc) is 2.59. The molecular weight excluding hydrogens is 350 g/mol. The predicted molar refractivity (Wildman–Crippen MR) is 101 cm³/mol. The number of carbonyl (C=O) groups is 2. The Morgan fingerprint density at radius 1 is 1.26 bits per heavy atom. The summed E-state index contributed by atoms with van der Waals surface area (Å²) in [6, 6.07) is 3.12. The highest BCUT2D eigenvalue weighted by atomic mass is 16.6. The molecular formula is C19H25N3O5. The van der Waals surface area contributed by atoms with Gasteiger partial charge in [-0.25, -0.2) is 4.79 Å². The third-order valence-electron chi connectivity index (χ3n) is 4.52. The van der Waals surface area contributed by atoms with Crippen LogP contribution in [0.2, 0.25) is 0 Å². The highest BCUT2D eigenvalue weighted by molar-refractivity contribution is 5.92. The Hall–Kier alpha value is -2.90. The van der Waals surface area contributed by atoms with Gasteiger partial charge in [0, 0.05) is 25.0 Å². The van der Waals surface area contributed by atoms with Gasteiger partial charge in [0.15, 0.2) is 0 Å². The standard InChI is InChI=1S/C19H25N3O5/c1-12(2)7-8-20-9-10-21(17(13(3)4)18(20)23)15-6-5-14(19(24)25)11-16(15)22(26)27/h5-6,9-13,17H,7-8H2,1-4H3,(H,24,25)/t17-/m0/s1. The summed E-state index contributed by atoms with van der Waals surface area (Å²) in [5, 5.41) is 20.6. The molecule has 146 valence electrons. The number of hydrogen-bond acceptors (Lipinski definition) is 5. The van der Waals surface area contributed by atoms with Crippen molar-refractivity contribution in [3.05, 3.63) is 46.3 Å². The second-order valence-electron chi connectivity index (χ2n) is 7.37. The van der Waals surface area contributed by atoms with Crippen LogP contribution in [0.3, 0.4) is 0 Å². The van der Waals surface area contributed by atoms with Crippen LogP contribution < -0.4 is 4.90 Å². The van der Waals surface area contributed by atoms with E-state index in [4.69, 9.17) is 5.11 Å². The maximum atomic E-state index is 13.0. The van der Waals surface area contributed by atoms with E-state index in [9.17, 15) is 19.7 Å². The topological polar surface area (TPSA) is 104 Å². The molecule has 0 bridgehead atoms. The van der Waals surface area contributed by atoms with Crippen LogP contribution in [0.15, 0.2) is 30.6 Å². The monoisotopic (exact) mass is 375 g/mol. The molecule has 1 heterocycles. The van der Waals surface area contributed by atoms with Gasteiger partial charge >= 0.3 is 5.97 Å². The molecule has 2 rings (SSSR count). The number of carbonyl (C=O) groups excluding carboxylic acids is 1. The van der Waals surface area contributed by atoms with Crippen LogP contribution in [0.5, 0.6) is 0 Å². The lowest BCUT2D eigenvalue weighted by atomic mass is 9.98. The lowest BCUT2D eigenvalue weighted by molar-refractivity contribution is -0.384. The second kappa shape index (κ2) is 8.20. The molecule has 1 amide bonds. The summed E-state index contributed by atoms with van der Waals surface area (Å²) < 4.78 is 0. The fraction of sp³-hybridized carbons (Fsp3) is 0.474. The van der Waals surface area contributed by atoms with Crippen molar-refractivity contribution in [2.75, 3.05) is 11.4 Å². The molecule has 0 aliphatic carbocycles. The van der Waals surface area contributed by atoms with Crippen molar-refractivity contribution in [2.45, 2.75) is 40.2 Å². The van der Waals surface area contributed by atoms with E-state index in [0.717, 1.165) is 12.5 Å². The summed E-state index contributed by atoms with van der Waals surface area (Å²) in [6.07, 6.45) is 4.15. The SMILES string of the molecule is CC(C)CCN1C=CN(c2ccc(C(=O)O)cc2[N+](=O)[O-])[C@@H](C(C)C)C1=O. The normalized spacial score (nSPS) is 17.1. The van der Waals surface area contributed by atoms with Crippen LogP contribution >= 0.6 is 0 Å². The molecule has 27 heavy (non-hydrogen) atoms. The first-order chi connectivity index (χ1) is 12.6. The minimum absolute atomic E-state index is 0.0947. The number of nitro groups is 1. The van der Waals surface area contributed by atoms with Gasteiger partial charge in [-0.2, -0.15) is 0 Å². The van der Waals surface area contributed by atoms with Crippen molar-refractivity contribution in [1.82, 2.24) is 4.90 Å². The fourth-order valence-corrected chi connectivity index (χ4v) is 3.05. The molecule has 1 aromatic carbocycles. The summed E-state index contributed by atoms with van der Waals surface area (Å²) in [6.45, 7) is 8.51. The molecule has 8 heteroatoms. The van der Waals surface area contributed by atoms with Gasteiger partial charge in [-0.1, -0.05) is 27.7 Å². The third kappa shape index (κ3) is 4.45. The first kappa shape index (κ1) is 20.4. The zero-order valence-corrected chi connectivity index (χ0v) is 16.0. The Morgan fingerprint density at radius 3 is 2.44 bits per heavy atom. The number of nitro benzene ring substituents is 1. The number of rotatable bonds is 7. The van der Waals surface area contributed by atoms with Crippen molar-refractivity contribution in [2.24, 2.45) is 11.8 Å². The maximum absolute atomic E-state index is 13.0. The molecule has 8 nitrogen and oxygen atoms in total. The first-order valence-electron chi connectivity index (χ1n) is 8.92. The summed E-state index contributed by atoms with van der Waals surface area (Å²) in [5.41, 5.74) is -0.303. The van der Waals surface area contributed by atoms with Gasteiger partial charge in [-0.3, -0.25) is 14.9 Å². The molecule has 1 aliphatic heterocycles. The van der Waals surface area contributed by atoms with Crippen molar-refractivity contribution in [3.63, 3.8) is 0 Å². The first-order valence-corrected chi connectivity index (χ1v) is 8.92. The predicted octanol–water partition coefficient (Wildman–Crippen LogP) is 3.48. The number of amides is 1. The minimum Gasteiger partial charge on any atom is -0.478 e. The van der Waals surface area contributed by atoms with Gasteiger partial charge < -0.3 is 14.9 Å². The molecule has 0 aromatic heterocycles. The van der Waals surface area contributed by atoms with Crippen LogP contribution in [0.25, 0.3) is 0 Å². The molecule has 1 aromatic rings. The molecule has 0 saturated carbocycles. The lowest BCUT2D eigenvalue weighted by Crippen LogP contribution is -2.52. The molecule has 1 aliphatic rings. The number of aromatic carboxylic acids is 1. The zero-order chi connectivity index (χ0) is 20.3. The zero-order valence-electron chi connectivity index (χ0n) is 16.0. The maximum Gasteiger partial charge on any atom is 0.335 e. The van der Waals surface area contributed by atoms with E-state index in [1.165, 1.54) is 12.1 Å². The van der Waals surface area contributed by atoms with E-state index in [0.29, 0.717) is 12.5 Å².